The molecule has 1 atom stereocenters. The third kappa shape index (κ3) is 12.3. The molecule has 0 aliphatic heterocycles. The Morgan fingerprint density at radius 3 is 1.63 bits per heavy atom. The van der Waals surface area contributed by atoms with Crippen LogP contribution in [-0.2, 0) is 0 Å². The molecule has 0 aliphatic rings. The number of quaternary nitrogens is 1. The molecule has 1 rings (SSSR count). The number of benzene rings is 1. The van der Waals surface area contributed by atoms with Crippen LogP contribution in [0.2, 0.25) is 0 Å². The zero-order valence-electron chi connectivity index (χ0n) is 18.1. The summed E-state index contributed by atoms with van der Waals surface area (Å²) >= 11 is 0. The van der Waals surface area contributed by atoms with E-state index in [1.807, 2.05) is 0 Å². The minimum absolute atomic E-state index is 0. The molecule has 1 nitrogen and oxygen atoms in total. The highest BCUT2D eigenvalue weighted by molar-refractivity contribution is 5.42. The van der Waals surface area contributed by atoms with Gasteiger partial charge in [0.1, 0.15) is 12.2 Å². The number of halogens is 1. The maximum Gasteiger partial charge on any atom is 0.132 e. The summed E-state index contributed by atoms with van der Waals surface area (Å²) in [5.74, 6) is 0. The van der Waals surface area contributed by atoms with Crippen molar-refractivity contribution in [2.45, 2.75) is 90.4 Å². The third-order valence-electron chi connectivity index (χ3n) is 5.67. The fourth-order valence-electron chi connectivity index (χ4n) is 3.88. The molecule has 0 aliphatic carbocycles. The van der Waals surface area contributed by atoms with Gasteiger partial charge in [-0.2, -0.15) is 0 Å². The molecule has 2 heteroatoms. The summed E-state index contributed by atoms with van der Waals surface area (Å²) < 4.78 is 0.988. The molecule has 0 spiro atoms. The van der Waals surface area contributed by atoms with Crippen LogP contribution in [-0.4, -0.2) is 20.1 Å². The molecule has 1 aromatic carbocycles. The second-order valence-corrected chi connectivity index (χ2v) is 8.17. The summed E-state index contributed by atoms with van der Waals surface area (Å²) in [6, 6.07) is 10.9. The molecule has 0 bridgehead atoms. The van der Waals surface area contributed by atoms with Gasteiger partial charge in [-0.1, -0.05) is 102 Å². The summed E-state index contributed by atoms with van der Waals surface area (Å²) in [5.41, 5.74) is 1.41. The molecule has 0 saturated carbocycles. The molecule has 0 radical (unpaired) electrons. The third-order valence-corrected chi connectivity index (χ3v) is 5.67. The number of rotatable bonds is 17. The summed E-state index contributed by atoms with van der Waals surface area (Å²) in [6.45, 7) is 8.49. The van der Waals surface area contributed by atoms with E-state index in [1.165, 1.54) is 95.7 Å². The minimum atomic E-state index is 0. The quantitative estimate of drug-likeness (QED) is 0.200. The lowest BCUT2D eigenvalue weighted by Crippen LogP contribution is -3.00. The van der Waals surface area contributed by atoms with Gasteiger partial charge in [0.15, 0.2) is 0 Å². The van der Waals surface area contributed by atoms with E-state index in [9.17, 15) is 0 Å². The largest absolute Gasteiger partial charge is 1.00 e. The predicted molar refractivity (Wildman–Crippen MR) is 120 cm³/mol. The Bertz CT molecular complexity index is 445. The van der Waals surface area contributed by atoms with Gasteiger partial charge in [-0.05, 0) is 31.1 Å². The Hall–Kier alpha value is -0.790. The van der Waals surface area contributed by atoms with Gasteiger partial charge in [-0.3, -0.25) is 4.48 Å². The van der Waals surface area contributed by atoms with Crippen LogP contribution < -0.4 is 16.9 Å². The maximum atomic E-state index is 3.97. The van der Waals surface area contributed by atoms with Gasteiger partial charge in [0.2, 0.25) is 0 Å². The Morgan fingerprint density at radius 2 is 1.19 bits per heavy atom. The molecular weight excluding hydrogens is 350 g/mol. The van der Waals surface area contributed by atoms with Gasteiger partial charge in [0.25, 0.3) is 0 Å². The minimum Gasteiger partial charge on any atom is -1.00 e. The van der Waals surface area contributed by atoms with E-state index < -0.39 is 0 Å². The number of unbranched alkanes of at least 4 members (excludes halogenated alkanes) is 12. The lowest BCUT2D eigenvalue weighted by atomic mass is 10.0. The average molecular weight is 394 g/mol. The van der Waals surface area contributed by atoms with Crippen molar-refractivity contribution < 1.29 is 12.4 Å². The summed E-state index contributed by atoms with van der Waals surface area (Å²) in [4.78, 5) is 0. The van der Waals surface area contributed by atoms with Crippen LogP contribution in [0, 0.1) is 0 Å². The predicted octanol–water partition coefficient (Wildman–Crippen LogP) is 4.90. The number of hydrogen-bond acceptors (Lipinski definition) is 0. The smallest absolute Gasteiger partial charge is 0.132 e. The van der Waals surface area contributed by atoms with E-state index >= 15 is 0 Å². The standard InChI is InChI=1S/C25H44N.ClH/c1-4-6-7-8-9-10-11-12-13-14-15-16-20-24-26(3,23-5-2)25-21-18-17-19-22-25;/h5,17-19,21-22H,2,4,6-16,20,23-24H2,1,3H3;1H/q+1;/p-1. The molecule has 27 heavy (non-hydrogen) atoms. The molecule has 0 aromatic heterocycles. The topological polar surface area (TPSA) is 0 Å². The zero-order valence-corrected chi connectivity index (χ0v) is 18.9. The van der Waals surface area contributed by atoms with Crippen molar-refractivity contribution in [3.8, 4) is 0 Å². The maximum absolute atomic E-state index is 3.97. The van der Waals surface area contributed by atoms with Gasteiger partial charge in [-0.25, -0.2) is 0 Å². The molecule has 0 fully saturated rings. The van der Waals surface area contributed by atoms with E-state index in [0.29, 0.717) is 0 Å². The van der Waals surface area contributed by atoms with Crippen molar-refractivity contribution in [1.29, 1.82) is 0 Å². The second kappa shape index (κ2) is 17.3. The first-order chi connectivity index (χ1) is 12.7. The van der Waals surface area contributed by atoms with Gasteiger partial charge >= 0.3 is 0 Å². The highest BCUT2D eigenvalue weighted by Crippen LogP contribution is 2.22. The first kappa shape index (κ1) is 26.2. The van der Waals surface area contributed by atoms with E-state index in [1.54, 1.807) is 0 Å². The van der Waals surface area contributed by atoms with E-state index in [-0.39, 0.29) is 12.4 Å². The van der Waals surface area contributed by atoms with E-state index in [0.717, 1.165) is 11.0 Å². The Morgan fingerprint density at radius 1 is 0.741 bits per heavy atom. The van der Waals surface area contributed by atoms with Crippen LogP contribution in [0.15, 0.2) is 43.0 Å². The fraction of sp³-hybridized carbons (Fsp3) is 0.680. The molecule has 1 unspecified atom stereocenters. The zero-order chi connectivity index (χ0) is 18.9. The first-order valence-corrected chi connectivity index (χ1v) is 11.2. The summed E-state index contributed by atoms with van der Waals surface area (Å²) in [7, 11) is 2.34. The van der Waals surface area contributed by atoms with Crippen molar-refractivity contribution in [2.24, 2.45) is 0 Å². The number of hydrogen-bond donors (Lipinski definition) is 0. The van der Waals surface area contributed by atoms with Crippen molar-refractivity contribution in [3.63, 3.8) is 0 Å². The lowest BCUT2D eigenvalue weighted by molar-refractivity contribution is -0.00000571. The Labute approximate surface area is 176 Å². The van der Waals surface area contributed by atoms with E-state index in [4.69, 9.17) is 0 Å². The van der Waals surface area contributed by atoms with Crippen molar-refractivity contribution >= 4 is 5.69 Å². The van der Waals surface area contributed by atoms with Crippen LogP contribution in [0.5, 0.6) is 0 Å². The highest BCUT2D eigenvalue weighted by Gasteiger charge is 2.22. The Balaban J connectivity index is 0.00000676. The molecule has 0 saturated heterocycles. The normalized spacial score (nSPS) is 13.0. The van der Waals surface area contributed by atoms with Crippen molar-refractivity contribution in [2.75, 3.05) is 20.1 Å². The molecule has 0 N–H and O–H groups in total. The summed E-state index contributed by atoms with van der Waals surface area (Å²) in [6.07, 6.45) is 20.5. The molecule has 0 amide bonds. The summed E-state index contributed by atoms with van der Waals surface area (Å²) in [5, 5.41) is 0. The van der Waals surface area contributed by atoms with Gasteiger partial charge < -0.3 is 12.4 Å². The Kier molecular flexibility index (Phi) is 16.8. The lowest BCUT2D eigenvalue weighted by Gasteiger charge is -2.33. The molecule has 156 valence electrons. The molecule has 1 aromatic rings. The molecular formula is C25H44ClN. The number of para-hydroxylation sites is 1. The van der Waals surface area contributed by atoms with Crippen molar-refractivity contribution in [3.05, 3.63) is 43.0 Å². The number of likely N-dealkylation sites (N-methyl/N-ethyl adjacent to an activating group) is 1. The fourth-order valence-corrected chi connectivity index (χ4v) is 3.88. The van der Waals surface area contributed by atoms with Crippen LogP contribution in [0.3, 0.4) is 0 Å². The van der Waals surface area contributed by atoms with Crippen molar-refractivity contribution in [1.82, 2.24) is 4.48 Å². The van der Waals surface area contributed by atoms with Gasteiger partial charge in [-0.15, -0.1) is 0 Å². The average Bonchev–Trinajstić information content (AvgIpc) is 2.66. The van der Waals surface area contributed by atoms with Crippen LogP contribution >= 0.6 is 0 Å². The monoisotopic (exact) mass is 393 g/mol. The van der Waals surface area contributed by atoms with Crippen LogP contribution in [0.25, 0.3) is 0 Å². The SMILES string of the molecule is C=CC[N+](C)(CCCCCCCCCCCCCCC)c1ccccc1.[Cl-]. The first-order valence-electron chi connectivity index (χ1n) is 11.2. The van der Waals surface area contributed by atoms with Gasteiger partial charge in [0, 0.05) is 0 Å². The van der Waals surface area contributed by atoms with Crippen LogP contribution in [0.1, 0.15) is 90.4 Å². The highest BCUT2D eigenvalue weighted by atomic mass is 35.5. The van der Waals surface area contributed by atoms with E-state index in [2.05, 4.69) is 57.0 Å². The van der Waals surface area contributed by atoms with Gasteiger partial charge in [0.05, 0.1) is 13.6 Å². The molecule has 0 heterocycles. The number of nitrogens with zero attached hydrogens (tertiary/aromatic N) is 1. The second-order valence-electron chi connectivity index (χ2n) is 8.17. The van der Waals surface area contributed by atoms with Crippen LogP contribution in [0.4, 0.5) is 5.69 Å².